The lowest BCUT2D eigenvalue weighted by Crippen LogP contribution is -2.13. The number of nitrogens with zero attached hydrogens (tertiary/aromatic N) is 1. The van der Waals surface area contributed by atoms with Crippen molar-refractivity contribution in [1.82, 2.24) is 0 Å². The van der Waals surface area contributed by atoms with E-state index in [4.69, 9.17) is 0 Å². The highest BCUT2D eigenvalue weighted by atomic mass is 14.7. The third kappa shape index (κ3) is 2.01. The minimum atomic E-state index is 0.480. The molecule has 0 N–H and O–H groups in total. The van der Waals surface area contributed by atoms with Crippen molar-refractivity contribution in [3.8, 4) is 0 Å². The van der Waals surface area contributed by atoms with Crippen LogP contribution in [0.3, 0.4) is 0 Å². The molecule has 0 aromatic rings. The second-order valence-corrected chi connectivity index (χ2v) is 4.18. The molecule has 74 valence electrons. The lowest BCUT2D eigenvalue weighted by Gasteiger charge is -2.20. The first-order valence-corrected chi connectivity index (χ1v) is 5.34. The first-order valence-electron chi connectivity index (χ1n) is 5.34. The quantitative estimate of drug-likeness (QED) is 0.586. The van der Waals surface area contributed by atoms with Gasteiger partial charge >= 0.3 is 0 Å². The van der Waals surface area contributed by atoms with Crippen molar-refractivity contribution in [2.45, 2.75) is 40.5 Å². The fraction of sp³-hybridized carbons (Fsp3) is 0.750. The Morgan fingerprint density at radius 2 is 2.08 bits per heavy atom. The molecule has 0 spiro atoms. The van der Waals surface area contributed by atoms with Crippen molar-refractivity contribution in [3.63, 3.8) is 0 Å². The Hall–Kier alpha value is -0.590. The number of hydrogen-bond donors (Lipinski definition) is 0. The minimum absolute atomic E-state index is 0.480. The molecule has 1 nitrogen and oxygen atoms in total. The van der Waals surface area contributed by atoms with E-state index in [-0.39, 0.29) is 0 Å². The molecule has 0 unspecified atom stereocenters. The van der Waals surface area contributed by atoms with Crippen molar-refractivity contribution in [1.29, 1.82) is 0 Å². The van der Waals surface area contributed by atoms with Crippen LogP contribution < -0.4 is 0 Å². The lowest BCUT2D eigenvalue weighted by atomic mass is 9.85. The number of hydrogen-bond acceptors (Lipinski definition) is 1. The fourth-order valence-corrected chi connectivity index (χ4v) is 2.01. The maximum atomic E-state index is 4.34. The Labute approximate surface area is 82.0 Å². The highest BCUT2D eigenvalue weighted by molar-refractivity contribution is 5.81. The van der Waals surface area contributed by atoms with Crippen LogP contribution in [0.1, 0.15) is 40.5 Å². The van der Waals surface area contributed by atoms with E-state index in [2.05, 4.69) is 45.0 Å². The first-order chi connectivity index (χ1) is 6.17. The van der Waals surface area contributed by atoms with Crippen LogP contribution in [-0.2, 0) is 0 Å². The summed E-state index contributed by atoms with van der Waals surface area (Å²) >= 11 is 0. The van der Waals surface area contributed by atoms with E-state index in [9.17, 15) is 0 Å². The zero-order valence-electron chi connectivity index (χ0n) is 9.30. The topological polar surface area (TPSA) is 12.4 Å². The summed E-state index contributed by atoms with van der Waals surface area (Å²) < 4.78 is 0. The van der Waals surface area contributed by atoms with Gasteiger partial charge in [-0.1, -0.05) is 19.9 Å². The summed E-state index contributed by atoms with van der Waals surface area (Å²) in [4.78, 5) is 4.34. The van der Waals surface area contributed by atoms with Crippen LogP contribution in [0.2, 0.25) is 0 Å². The fourth-order valence-electron chi connectivity index (χ4n) is 2.01. The van der Waals surface area contributed by atoms with Crippen LogP contribution in [0.4, 0.5) is 0 Å². The monoisotopic (exact) mass is 179 g/mol. The van der Waals surface area contributed by atoms with Gasteiger partial charge in [0.2, 0.25) is 0 Å². The van der Waals surface area contributed by atoms with Gasteiger partial charge in [0, 0.05) is 12.8 Å². The molecule has 1 heteroatoms. The number of rotatable bonds is 4. The molecule has 0 saturated heterocycles. The Balaban J connectivity index is 2.73. The third-order valence-electron chi connectivity index (χ3n) is 3.19. The van der Waals surface area contributed by atoms with Crippen LogP contribution in [-0.4, -0.2) is 12.8 Å². The van der Waals surface area contributed by atoms with E-state index in [1.807, 2.05) is 0 Å². The summed E-state index contributed by atoms with van der Waals surface area (Å²) in [5.74, 6) is 0.752. The van der Waals surface area contributed by atoms with Gasteiger partial charge in [0.15, 0.2) is 0 Å². The van der Waals surface area contributed by atoms with Gasteiger partial charge in [0.25, 0.3) is 0 Å². The van der Waals surface area contributed by atoms with E-state index in [1.165, 1.54) is 18.4 Å². The summed E-state index contributed by atoms with van der Waals surface area (Å²) in [6.45, 7) is 9.73. The average Bonchev–Trinajstić information content (AvgIpc) is 2.87. The Morgan fingerprint density at radius 3 is 2.38 bits per heavy atom. The molecule has 0 amide bonds. The van der Waals surface area contributed by atoms with Gasteiger partial charge in [-0.2, -0.15) is 0 Å². The second kappa shape index (κ2) is 4.08. The van der Waals surface area contributed by atoms with Crippen LogP contribution in [0, 0.1) is 11.3 Å². The van der Waals surface area contributed by atoms with Crippen LogP contribution in [0.5, 0.6) is 0 Å². The summed E-state index contributed by atoms with van der Waals surface area (Å²) in [5.41, 5.74) is 1.93. The maximum Gasteiger partial charge on any atom is 0.0361 e. The molecule has 13 heavy (non-hydrogen) atoms. The summed E-state index contributed by atoms with van der Waals surface area (Å²) in [7, 11) is 0. The van der Waals surface area contributed by atoms with E-state index in [1.54, 1.807) is 0 Å². The van der Waals surface area contributed by atoms with Crippen molar-refractivity contribution in [2.24, 2.45) is 16.3 Å². The largest absolute Gasteiger partial charge is 0.293 e. The van der Waals surface area contributed by atoms with Crippen molar-refractivity contribution >= 4 is 6.21 Å². The number of allylic oxidation sites excluding steroid dienone is 2. The van der Waals surface area contributed by atoms with E-state index in [0.717, 1.165) is 12.5 Å². The van der Waals surface area contributed by atoms with Gasteiger partial charge in [0.1, 0.15) is 0 Å². The normalized spacial score (nSPS) is 21.5. The van der Waals surface area contributed by atoms with Crippen molar-refractivity contribution < 1.29 is 0 Å². The molecule has 0 heterocycles. The van der Waals surface area contributed by atoms with E-state index >= 15 is 0 Å². The van der Waals surface area contributed by atoms with Gasteiger partial charge in [-0.25, -0.2) is 0 Å². The smallest absolute Gasteiger partial charge is 0.0361 e. The molecule has 0 aromatic heterocycles. The van der Waals surface area contributed by atoms with Crippen molar-refractivity contribution in [3.05, 3.63) is 11.6 Å². The van der Waals surface area contributed by atoms with Crippen molar-refractivity contribution in [2.75, 3.05) is 6.54 Å². The van der Waals surface area contributed by atoms with Crippen LogP contribution in [0.25, 0.3) is 0 Å². The zero-order chi connectivity index (χ0) is 9.90. The molecule has 0 atom stereocenters. The summed E-state index contributed by atoms with van der Waals surface area (Å²) in [6.07, 6.45) is 7.00. The molecule has 1 rings (SSSR count). The zero-order valence-corrected chi connectivity index (χ0v) is 9.30. The lowest BCUT2D eigenvalue weighted by molar-refractivity contribution is 0.436. The van der Waals surface area contributed by atoms with E-state index in [0.29, 0.717) is 5.41 Å². The second-order valence-electron chi connectivity index (χ2n) is 4.18. The Morgan fingerprint density at radius 1 is 1.46 bits per heavy atom. The standard InChI is InChI=1S/C12H21N/c1-5-11(9-13-6-2)12(7-8-12)10(3)4/h5,9-10H,6-8H2,1-4H3/b11-5+,13-9?. The summed E-state index contributed by atoms with van der Waals surface area (Å²) in [6, 6.07) is 0. The predicted octanol–water partition coefficient (Wildman–Crippen LogP) is 3.46. The molecule has 1 fully saturated rings. The molecule has 1 saturated carbocycles. The third-order valence-corrected chi connectivity index (χ3v) is 3.19. The summed E-state index contributed by atoms with van der Waals surface area (Å²) in [5, 5.41) is 0. The molecule has 0 bridgehead atoms. The van der Waals surface area contributed by atoms with Crippen LogP contribution >= 0.6 is 0 Å². The molecule has 0 radical (unpaired) electrons. The average molecular weight is 179 g/mol. The molecular weight excluding hydrogens is 158 g/mol. The van der Waals surface area contributed by atoms with Gasteiger partial charge in [0.05, 0.1) is 0 Å². The highest BCUT2D eigenvalue weighted by Crippen LogP contribution is 2.56. The van der Waals surface area contributed by atoms with Gasteiger partial charge in [-0.05, 0) is 43.6 Å². The predicted molar refractivity (Wildman–Crippen MR) is 59.3 cm³/mol. The number of aliphatic imine (C=N–C) groups is 1. The Kier molecular flexibility index (Phi) is 3.29. The van der Waals surface area contributed by atoms with Gasteiger partial charge in [-0.3, -0.25) is 4.99 Å². The van der Waals surface area contributed by atoms with Gasteiger partial charge in [-0.15, -0.1) is 0 Å². The SMILES string of the molecule is C/C=C(\C=NCC)C1(C(C)C)CC1. The minimum Gasteiger partial charge on any atom is -0.293 e. The first kappa shape index (κ1) is 10.5. The molecule has 1 aliphatic carbocycles. The molecule has 0 aromatic carbocycles. The maximum absolute atomic E-state index is 4.34. The van der Waals surface area contributed by atoms with Crippen LogP contribution in [0.15, 0.2) is 16.6 Å². The molecule has 0 aliphatic heterocycles. The molecular formula is C12H21N. The highest BCUT2D eigenvalue weighted by Gasteiger charge is 2.47. The van der Waals surface area contributed by atoms with Gasteiger partial charge < -0.3 is 0 Å². The molecule has 1 aliphatic rings. The van der Waals surface area contributed by atoms with E-state index < -0.39 is 0 Å². The Bertz CT molecular complexity index is 219.